The van der Waals surface area contributed by atoms with E-state index in [0.717, 1.165) is 33.5 Å². The Labute approximate surface area is 128 Å². The zero-order chi connectivity index (χ0) is 14.1. The second kappa shape index (κ2) is 5.46. The molecule has 0 bridgehead atoms. The Bertz CT molecular complexity index is 665. The van der Waals surface area contributed by atoms with Gasteiger partial charge in [-0.3, -0.25) is 0 Å². The number of rotatable bonds is 4. The van der Waals surface area contributed by atoms with E-state index in [2.05, 4.69) is 22.0 Å². The van der Waals surface area contributed by atoms with Crippen LogP contribution in [0.4, 0.5) is 0 Å². The fraction of sp³-hybridized carbons (Fsp3) is 0.214. The number of hydrogen-bond donors (Lipinski definition) is 1. The molecule has 0 saturated carbocycles. The Kier molecular flexibility index (Phi) is 3.67. The lowest BCUT2D eigenvalue weighted by molar-refractivity contribution is 0.0702. The Hall–Kier alpha value is -1.53. The molecule has 0 radical (unpaired) electrons. The van der Waals surface area contributed by atoms with Gasteiger partial charge in [-0.1, -0.05) is 15.9 Å². The molecule has 0 saturated heterocycles. The fourth-order valence-corrected chi connectivity index (χ4v) is 3.34. The van der Waals surface area contributed by atoms with Crippen molar-refractivity contribution in [1.29, 1.82) is 0 Å². The highest BCUT2D eigenvalue weighted by molar-refractivity contribution is 9.10. The smallest absolute Gasteiger partial charge is 0.346 e. The molecule has 3 rings (SSSR count). The van der Waals surface area contributed by atoms with Gasteiger partial charge in [0.25, 0.3) is 0 Å². The number of benzene rings is 1. The lowest BCUT2D eigenvalue weighted by Crippen LogP contribution is -1.98. The highest BCUT2D eigenvalue weighted by atomic mass is 79.9. The number of halogens is 1. The molecule has 0 unspecified atom stereocenters. The first kappa shape index (κ1) is 13.5. The van der Waals surface area contributed by atoms with Crippen molar-refractivity contribution in [3.05, 3.63) is 44.1 Å². The van der Waals surface area contributed by atoms with E-state index in [1.807, 2.05) is 6.07 Å². The molecule has 0 atom stereocenters. The van der Waals surface area contributed by atoms with E-state index in [1.54, 1.807) is 5.38 Å². The van der Waals surface area contributed by atoms with Gasteiger partial charge in [0, 0.05) is 27.9 Å². The third kappa shape index (κ3) is 2.66. The molecule has 2 heterocycles. The lowest BCUT2D eigenvalue weighted by atomic mass is 10.1. The van der Waals surface area contributed by atoms with Crippen LogP contribution in [0, 0.1) is 0 Å². The van der Waals surface area contributed by atoms with Crippen molar-refractivity contribution in [3.8, 4) is 11.5 Å². The zero-order valence-electron chi connectivity index (χ0n) is 10.4. The Morgan fingerprint density at radius 1 is 1.45 bits per heavy atom. The molecular formula is C14H11BrO4S. The molecule has 1 aromatic carbocycles. The van der Waals surface area contributed by atoms with Crippen LogP contribution >= 0.6 is 27.3 Å². The van der Waals surface area contributed by atoms with Crippen LogP contribution < -0.4 is 9.47 Å². The van der Waals surface area contributed by atoms with Crippen LogP contribution in [-0.2, 0) is 13.0 Å². The van der Waals surface area contributed by atoms with Crippen LogP contribution in [0.15, 0.2) is 28.1 Å². The van der Waals surface area contributed by atoms with Gasteiger partial charge in [-0.2, -0.15) is 0 Å². The van der Waals surface area contributed by atoms with Crippen molar-refractivity contribution in [2.24, 2.45) is 0 Å². The molecule has 2 aromatic rings. The van der Waals surface area contributed by atoms with Gasteiger partial charge in [0.1, 0.15) is 23.0 Å². The van der Waals surface area contributed by atoms with Gasteiger partial charge in [-0.15, -0.1) is 11.3 Å². The summed E-state index contributed by atoms with van der Waals surface area (Å²) in [5, 5.41) is 10.6. The lowest BCUT2D eigenvalue weighted by Gasteiger charge is -2.09. The van der Waals surface area contributed by atoms with Crippen LogP contribution in [0.25, 0.3) is 0 Å². The van der Waals surface area contributed by atoms with Crippen molar-refractivity contribution in [3.63, 3.8) is 0 Å². The average Bonchev–Trinajstić information content (AvgIpc) is 3.04. The summed E-state index contributed by atoms with van der Waals surface area (Å²) in [5.74, 6) is 0.526. The van der Waals surface area contributed by atoms with Gasteiger partial charge >= 0.3 is 5.97 Å². The summed E-state index contributed by atoms with van der Waals surface area (Å²) in [6, 6.07) is 5.56. The quantitative estimate of drug-likeness (QED) is 0.908. The van der Waals surface area contributed by atoms with Crippen LogP contribution in [0.2, 0.25) is 0 Å². The predicted octanol–water partition coefficient (Wildman–Crippen LogP) is 3.72. The minimum Gasteiger partial charge on any atom is -0.493 e. The normalized spacial score (nSPS) is 12.8. The molecule has 104 valence electrons. The van der Waals surface area contributed by atoms with Gasteiger partial charge in [-0.25, -0.2) is 4.79 Å². The van der Waals surface area contributed by atoms with Crippen LogP contribution in [0.5, 0.6) is 11.5 Å². The second-order valence-corrected chi connectivity index (χ2v) is 6.22. The van der Waals surface area contributed by atoms with Crippen molar-refractivity contribution in [2.45, 2.75) is 13.0 Å². The molecule has 1 N–H and O–H groups in total. The maximum absolute atomic E-state index is 10.8. The molecule has 20 heavy (non-hydrogen) atoms. The van der Waals surface area contributed by atoms with Crippen molar-refractivity contribution >= 4 is 33.2 Å². The standard InChI is InChI=1S/C14H11BrO4S/c15-10-3-8-1-2-18-13(8)9(4-10)6-19-11-5-12(14(16)17)20-7-11/h3-5,7H,1-2,6H2,(H,16,17). The summed E-state index contributed by atoms with van der Waals surface area (Å²) in [5.41, 5.74) is 2.14. The Balaban J connectivity index is 1.76. The number of hydrogen-bond acceptors (Lipinski definition) is 4. The second-order valence-electron chi connectivity index (χ2n) is 4.39. The van der Waals surface area contributed by atoms with E-state index >= 15 is 0 Å². The molecule has 4 nitrogen and oxygen atoms in total. The Morgan fingerprint density at radius 2 is 2.30 bits per heavy atom. The van der Waals surface area contributed by atoms with Gasteiger partial charge in [0.05, 0.1) is 6.61 Å². The summed E-state index contributed by atoms with van der Waals surface area (Å²) in [4.78, 5) is 11.1. The SMILES string of the molecule is O=C(O)c1cc(OCc2cc(Br)cc3c2OCC3)cs1. The number of carbonyl (C=O) groups is 1. The monoisotopic (exact) mass is 354 g/mol. The van der Waals surface area contributed by atoms with E-state index < -0.39 is 5.97 Å². The van der Waals surface area contributed by atoms with Crippen molar-refractivity contribution < 1.29 is 19.4 Å². The number of aromatic carboxylic acids is 1. The first-order chi connectivity index (χ1) is 9.63. The maximum atomic E-state index is 10.8. The number of carboxylic acids is 1. The topological polar surface area (TPSA) is 55.8 Å². The van der Waals surface area contributed by atoms with Gasteiger partial charge in [-0.05, 0) is 17.7 Å². The molecule has 1 aromatic heterocycles. The molecule has 6 heteroatoms. The first-order valence-electron chi connectivity index (χ1n) is 6.02. The van der Waals surface area contributed by atoms with E-state index in [1.165, 1.54) is 11.6 Å². The number of ether oxygens (including phenoxy) is 2. The van der Waals surface area contributed by atoms with E-state index in [4.69, 9.17) is 14.6 Å². The maximum Gasteiger partial charge on any atom is 0.346 e. The minimum absolute atomic E-state index is 0.274. The number of fused-ring (bicyclic) bond motifs is 1. The summed E-state index contributed by atoms with van der Waals surface area (Å²) >= 11 is 4.63. The van der Waals surface area contributed by atoms with Crippen molar-refractivity contribution in [1.82, 2.24) is 0 Å². The molecule has 0 spiro atoms. The largest absolute Gasteiger partial charge is 0.493 e. The summed E-state index contributed by atoms with van der Waals surface area (Å²) < 4.78 is 12.3. The van der Waals surface area contributed by atoms with E-state index in [-0.39, 0.29) is 4.88 Å². The zero-order valence-corrected chi connectivity index (χ0v) is 12.8. The third-order valence-corrected chi connectivity index (χ3v) is 4.36. The molecule has 1 aliphatic rings. The van der Waals surface area contributed by atoms with Crippen LogP contribution in [0.1, 0.15) is 20.8 Å². The van der Waals surface area contributed by atoms with E-state index in [9.17, 15) is 4.79 Å². The number of carboxylic acid groups (broad SMARTS) is 1. The third-order valence-electron chi connectivity index (χ3n) is 3.01. The summed E-state index contributed by atoms with van der Waals surface area (Å²) in [7, 11) is 0. The molecule has 0 aliphatic carbocycles. The Morgan fingerprint density at radius 3 is 3.05 bits per heavy atom. The van der Waals surface area contributed by atoms with Gasteiger partial charge in [0.15, 0.2) is 0 Å². The van der Waals surface area contributed by atoms with Crippen molar-refractivity contribution in [2.75, 3.05) is 6.61 Å². The van der Waals surface area contributed by atoms with Crippen LogP contribution in [-0.4, -0.2) is 17.7 Å². The van der Waals surface area contributed by atoms with E-state index in [0.29, 0.717) is 19.0 Å². The van der Waals surface area contributed by atoms with Gasteiger partial charge in [0.2, 0.25) is 0 Å². The summed E-state index contributed by atoms with van der Waals surface area (Å²) in [6.45, 7) is 1.05. The molecular weight excluding hydrogens is 344 g/mol. The first-order valence-corrected chi connectivity index (χ1v) is 7.69. The molecule has 0 fully saturated rings. The summed E-state index contributed by atoms with van der Waals surface area (Å²) in [6.07, 6.45) is 0.906. The minimum atomic E-state index is -0.934. The number of thiophene rings is 1. The highest BCUT2D eigenvalue weighted by Gasteiger charge is 2.18. The molecule has 0 amide bonds. The van der Waals surface area contributed by atoms with Gasteiger partial charge < -0.3 is 14.6 Å². The predicted molar refractivity (Wildman–Crippen MR) is 79.0 cm³/mol. The highest BCUT2D eigenvalue weighted by Crippen LogP contribution is 2.34. The fourth-order valence-electron chi connectivity index (χ4n) is 2.12. The average molecular weight is 355 g/mol. The molecule has 1 aliphatic heterocycles. The van der Waals surface area contributed by atoms with Crippen LogP contribution in [0.3, 0.4) is 0 Å².